The van der Waals surface area contributed by atoms with Gasteiger partial charge in [0.05, 0.1) is 18.1 Å². The first-order chi connectivity index (χ1) is 26.7. The second-order valence-electron chi connectivity index (χ2n) is 12.1. The van der Waals surface area contributed by atoms with Crippen LogP contribution in [0.1, 0.15) is 16.7 Å². The molecule has 2 aliphatic rings. The monoisotopic (exact) mass is 832 g/mol. The summed E-state index contributed by atoms with van der Waals surface area (Å²) in [4.78, 5) is 58.7. The van der Waals surface area contributed by atoms with Crippen LogP contribution in [0, 0.1) is 0 Å². The summed E-state index contributed by atoms with van der Waals surface area (Å²) in [6.45, 7) is 3.97. The lowest BCUT2D eigenvalue weighted by atomic mass is 10.0. The van der Waals surface area contributed by atoms with E-state index in [1.807, 2.05) is 41.4 Å². The Labute approximate surface area is 322 Å². The molecule has 12 nitrogen and oxygen atoms in total. The summed E-state index contributed by atoms with van der Waals surface area (Å²) in [7, 11) is 0. The van der Waals surface area contributed by atoms with Gasteiger partial charge in [-0.05, 0) is 53.8 Å². The fraction of sp³-hybridized carbons (Fsp3) is 0.286. The van der Waals surface area contributed by atoms with Crippen molar-refractivity contribution < 1.29 is 58.7 Å². The predicted molar refractivity (Wildman–Crippen MR) is 188 cm³/mol. The van der Waals surface area contributed by atoms with Crippen LogP contribution in [0.2, 0.25) is 5.02 Å². The van der Waals surface area contributed by atoms with Crippen LogP contribution in [0.3, 0.4) is 0 Å². The maximum Gasteiger partial charge on any atom is 0.458 e. The Hall–Kier alpha value is -5.83. The van der Waals surface area contributed by atoms with Crippen molar-refractivity contribution in [3.8, 4) is 0 Å². The van der Waals surface area contributed by atoms with Gasteiger partial charge < -0.3 is 20.9 Å². The first kappa shape index (κ1) is 43.9. The third-order valence-electron chi connectivity index (χ3n) is 7.85. The number of Topliss-reactive ketones (excluding diaryl/α,β-unsaturated/α-hetero) is 2. The highest BCUT2D eigenvalue weighted by Gasteiger charge is 2.54. The van der Waals surface area contributed by atoms with Crippen molar-refractivity contribution in [2.45, 2.75) is 37.9 Å². The largest absolute Gasteiger partial charge is 0.458 e. The number of aryl methyl sites for hydroxylation is 2. The SMILES string of the molecule is O=C(C(=O)C(F)(F)F)C(F)(F)F.O=C(Nc1ccc2cc1CCc1cncc(c1)Nc1ncc(Cl)c(n1)N2)N1CCN(Cc2ccccc2)CC1.O=CC(F)(F)F. The number of fused-ring (bicyclic) bond motifs is 6. The molecule has 4 heterocycles. The summed E-state index contributed by atoms with van der Waals surface area (Å²) in [5.74, 6) is -5.90. The Kier molecular flexibility index (Phi) is 14.5. The third kappa shape index (κ3) is 13.7. The number of hydrogen-bond donors (Lipinski definition) is 3. The molecule has 0 saturated carbocycles. The van der Waals surface area contributed by atoms with E-state index in [-0.39, 0.29) is 6.03 Å². The van der Waals surface area contributed by atoms with Crippen molar-refractivity contribution in [1.82, 2.24) is 24.8 Å². The van der Waals surface area contributed by atoms with Crippen molar-refractivity contribution in [3.05, 3.63) is 94.9 Å². The Morgan fingerprint density at radius 1 is 0.789 bits per heavy atom. The van der Waals surface area contributed by atoms with E-state index in [0.29, 0.717) is 29.9 Å². The maximum absolute atomic E-state index is 13.3. The standard InChI is InChI=1S/C29H29ClN8O.C4F6O2.C2HF3O/c30-25-18-32-28-34-24-14-21(16-31-17-24)6-7-22-15-23(33-27(25)36-28)8-9-26(22)35-29(39)38-12-10-37(11-13-38)19-20-4-2-1-3-5-20;5-3(6,7)1(11)2(12)4(8,9)10;3-2(4,5)1-6/h1-5,8-9,14-18H,6-7,10-13,19H2,(H,35,39)(H2,32,33,34,36);;1H. The number of nitrogens with one attached hydrogen (secondary N) is 3. The van der Waals surface area contributed by atoms with Crippen molar-refractivity contribution >= 4 is 64.3 Å². The lowest BCUT2D eigenvalue weighted by molar-refractivity contribution is -0.193. The number of carbonyl (C=O) groups excluding carboxylic acids is 4. The number of halogens is 10. The summed E-state index contributed by atoms with van der Waals surface area (Å²) >= 11 is 6.38. The summed E-state index contributed by atoms with van der Waals surface area (Å²) in [5.41, 5.74) is 5.79. The fourth-order valence-corrected chi connectivity index (χ4v) is 5.29. The minimum absolute atomic E-state index is 0.0782. The zero-order chi connectivity index (χ0) is 42.0. The number of carbonyl (C=O) groups is 4. The topological polar surface area (TPSA) is 150 Å². The second kappa shape index (κ2) is 18.9. The molecule has 0 aliphatic carbocycles. The van der Waals surface area contributed by atoms with Gasteiger partial charge in [0.2, 0.25) is 12.2 Å². The summed E-state index contributed by atoms with van der Waals surface area (Å²) < 4.78 is 98.2. The molecule has 4 aromatic rings. The number of anilines is 5. The van der Waals surface area contributed by atoms with Crippen LogP contribution < -0.4 is 16.0 Å². The number of ketones is 2. The molecule has 304 valence electrons. The number of pyridine rings is 1. The number of alkyl halides is 9. The number of piperazine rings is 1. The lowest BCUT2D eigenvalue weighted by Gasteiger charge is -2.34. The number of amides is 2. The van der Waals surface area contributed by atoms with Crippen LogP contribution in [0.15, 0.2) is 73.2 Å². The maximum atomic E-state index is 13.3. The van der Waals surface area contributed by atoms with Gasteiger partial charge in [0.1, 0.15) is 5.02 Å². The first-order valence-corrected chi connectivity index (χ1v) is 16.8. The van der Waals surface area contributed by atoms with E-state index >= 15 is 0 Å². The van der Waals surface area contributed by atoms with Gasteiger partial charge in [-0.25, -0.2) is 9.78 Å². The van der Waals surface area contributed by atoms with Gasteiger partial charge >= 0.3 is 36.1 Å². The molecule has 57 heavy (non-hydrogen) atoms. The zero-order valence-electron chi connectivity index (χ0n) is 29.1. The molecule has 0 spiro atoms. The molecule has 0 radical (unpaired) electrons. The molecule has 2 aromatic carbocycles. The molecule has 6 rings (SSSR count). The molecule has 3 N–H and O–H groups in total. The van der Waals surface area contributed by atoms with Crippen LogP contribution in [-0.4, -0.2) is 93.3 Å². The number of hydrogen-bond acceptors (Lipinski definition) is 10. The van der Waals surface area contributed by atoms with Crippen LogP contribution in [0.5, 0.6) is 0 Å². The van der Waals surface area contributed by atoms with E-state index < -0.39 is 36.4 Å². The predicted octanol–water partition coefficient (Wildman–Crippen LogP) is 7.46. The van der Waals surface area contributed by atoms with Crippen molar-refractivity contribution in [2.24, 2.45) is 0 Å². The van der Waals surface area contributed by atoms with Crippen LogP contribution in [-0.2, 0) is 33.8 Å². The molecular formula is C35H30ClF9N8O4. The van der Waals surface area contributed by atoms with Crippen LogP contribution in [0.25, 0.3) is 0 Å². The normalized spacial score (nSPS) is 14.2. The van der Waals surface area contributed by atoms with E-state index in [1.165, 1.54) is 5.56 Å². The number of urea groups is 1. The first-order valence-electron chi connectivity index (χ1n) is 16.4. The number of benzene rings is 2. The fourth-order valence-electron chi connectivity index (χ4n) is 5.16. The quantitative estimate of drug-likeness (QED) is 0.108. The average molecular weight is 833 g/mol. The Bertz CT molecular complexity index is 2020. The number of nitrogens with zero attached hydrogens (tertiary/aromatic N) is 5. The molecule has 1 saturated heterocycles. The van der Waals surface area contributed by atoms with E-state index in [2.05, 4.69) is 60.1 Å². The van der Waals surface area contributed by atoms with E-state index in [1.54, 1.807) is 12.4 Å². The van der Waals surface area contributed by atoms with Crippen molar-refractivity contribution in [3.63, 3.8) is 0 Å². The van der Waals surface area contributed by atoms with E-state index in [4.69, 9.17) is 16.4 Å². The van der Waals surface area contributed by atoms with E-state index in [0.717, 1.165) is 60.7 Å². The number of aromatic nitrogens is 3. The van der Waals surface area contributed by atoms with Crippen molar-refractivity contribution in [1.29, 1.82) is 0 Å². The highest BCUT2D eigenvalue weighted by atomic mass is 35.5. The van der Waals surface area contributed by atoms with Crippen LogP contribution >= 0.6 is 11.6 Å². The number of aldehydes is 1. The van der Waals surface area contributed by atoms with E-state index in [9.17, 15) is 53.9 Å². The van der Waals surface area contributed by atoms with Gasteiger partial charge in [0.25, 0.3) is 0 Å². The Morgan fingerprint density at radius 3 is 2.02 bits per heavy atom. The third-order valence-corrected chi connectivity index (χ3v) is 8.13. The Balaban J connectivity index is 0.000000334. The number of rotatable bonds is 4. The average Bonchev–Trinajstić information content (AvgIpc) is 3.16. The zero-order valence-corrected chi connectivity index (χ0v) is 29.9. The molecule has 2 aliphatic heterocycles. The smallest absolute Gasteiger partial charge is 0.339 e. The minimum Gasteiger partial charge on any atom is -0.339 e. The van der Waals surface area contributed by atoms with Gasteiger partial charge in [0, 0.05) is 50.3 Å². The molecule has 2 amide bonds. The highest BCUT2D eigenvalue weighted by molar-refractivity contribution is 6.41. The summed E-state index contributed by atoms with van der Waals surface area (Å²) in [5, 5.41) is 10.1. The van der Waals surface area contributed by atoms with Crippen molar-refractivity contribution in [2.75, 3.05) is 42.1 Å². The molecule has 6 bridgehead atoms. The molecule has 0 unspecified atom stereocenters. The van der Waals surface area contributed by atoms with Gasteiger partial charge in [-0.2, -0.15) is 44.5 Å². The summed E-state index contributed by atoms with van der Waals surface area (Å²) in [6.07, 6.45) is -10.6. The molecule has 22 heteroatoms. The molecule has 0 atom stereocenters. The Morgan fingerprint density at radius 2 is 1.42 bits per heavy atom. The van der Waals surface area contributed by atoms with Gasteiger partial charge in [0.15, 0.2) is 5.82 Å². The molecule has 1 fully saturated rings. The minimum atomic E-state index is -5.77. The lowest BCUT2D eigenvalue weighted by Crippen LogP contribution is -2.49. The highest BCUT2D eigenvalue weighted by Crippen LogP contribution is 2.30. The summed E-state index contributed by atoms with van der Waals surface area (Å²) in [6, 6.07) is 18.3. The van der Waals surface area contributed by atoms with Gasteiger partial charge in [-0.15, -0.1) is 0 Å². The molecule has 2 aromatic heterocycles. The van der Waals surface area contributed by atoms with Gasteiger partial charge in [-0.3, -0.25) is 24.3 Å². The molecular weight excluding hydrogens is 803 g/mol. The second-order valence-corrected chi connectivity index (χ2v) is 12.5. The van der Waals surface area contributed by atoms with Gasteiger partial charge in [-0.1, -0.05) is 41.9 Å². The van der Waals surface area contributed by atoms with Crippen LogP contribution in [0.4, 0.5) is 73.1 Å².